The lowest BCUT2D eigenvalue weighted by Gasteiger charge is -2.07. The molecule has 0 atom stereocenters. The zero-order valence-corrected chi connectivity index (χ0v) is 10.6. The number of hydrogen-bond donors (Lipinski definition) is 2. The second-order valence-corrected chi connectivity index (χ2v) is 4.64. The molecule has 0 saturated heterocycles. The smallest absolute Gasteiger partial charge is 0.316 e. The fourth-order valence-electron chi connectivity index (χ4n) is 1.42. The van der Waals surface area contributed by atoms with Crippen LogP contribution in [-0.4, -0.2) is 16.0 Å². The van der Waals surface area contributed by atoms with E-state index in [4.69, 9.17) is 5.73 Å². The zero-order valence-electron chi connectivity index (χ0n) is 9.75. The summed E-state index contributed by atoms with van der Waals surface area (Å²) >= 11 is 1.46. The Hall–Kier alpha value is -2.08. The first-order chi connectivity index (χ1) is 8.65. The van der Waals surface area contributed by atoms with Crippen molar-refractivity contribution in [3.63, 3.8) is 0 Å². The van der Waals surface area contributed by atoms with Gasteiger partial charge in [-0.05, 0) is 48.5 Å². The minimum absolute atomic E-state index is 0.565. The Bertz CT molecular complexity index is 559. The summed E-state index contributed by atoms with van der Waals surface area (Å²) in [6.07, 6.45) is 3.40. The second kappa shape index (κ2) is 5.50. The number of amides is 2. The molecule has 3 N–H and O–H groups in total. The van der Waals surface area contributed by atoms with Crippen molar-refractivity contribution in [3.8, 4) is 0 Å². The number of aromatic nitrogens is 2. The minimum Gasteiger partial charge on any atom is -0.351 e. The molecule has 2 amide bonds. The Morgan fingerprint density at radius 2 is 2.06 bits per heavy atom. The Kier molecular flexibility index (Phi) is 3.78. The summed E-state index contributed by atoms with van der Waals surface area (Å²) in [6, 6.07) is 6.86. The number of nitrogens with one attached hydrogen (secondary N) is 1. The molecule has 0 unspecified atom stereocenters. The molecule has 5 nitrogen and oxygen atoms in total. The molecule has 0 radical (unpaired) electrons. The molecule has 0 spiro atoms. The number of anilines is 1. The molecule has 0 aliphatic carbocycles. The molecular weight excluding hydrogens is 248 g/mol. The predicted molar refractivity (Wildman–Crippen MR) is 70.5 cm³/mol. The lowest BCUT2D eigenvalue weighted by Crippen LogP contribution is -2.19. The largest absolute Gasteiger partial charge is 0.351 e. The first-order valence-corrected chi connectivity index (χ1v) is 6.09. The molecule has 0 aliphatic rings. The van der Waals surface area contributed by atoms with Crippen LogP contribution in [0, 0.1) is 6.92 Å². The van der Waals surface area contributed by atoms with Crippen molar-refractivity contribution in [2.75, 3.05) is 5.32 Å². The maximum atomic E-state index is 10.8. The quantitative estimate of drug-likeness (QED) is 0.830. The van der Waals surface area contributed by atoms with Crippen LogP contribution in [0.4, 0.5) is 10.5 Å². The van der Waals surface area contributed by atoms with Gasteiger partial charge in [0.2, 0.25) is 0 Å². The van der Waals surface area contributed by atoms with Crippen molar-refractivity contribution in [1.82, 2.24) is 9.97 Å². The summed E-state index contributed by atoms with van der Waals surface area (Å²) in [5.41, 5.74) is 6.73. The number of benzene rings is 1. The molecule has 18 heavy (non-hydrogen) atoms. The van der Waals surface area contributed by atoms with E-state index in [0.717, 1.165) is 10.5 Å². The highest BCUT2D eigenvalue weighted by atomic mass is 32.2. The van der Waals surface area contributed by atoms with E-state index in [1.165, 1.54) is 11.8 Å². The van der Waals surface area contributed by atoms with Crippen molar-refractivity contribution in [2.24, 2.45) is 5.73 Å². The molecule has 0 aliphatic heterocycles. The van der Waals surface area contributed by atoms with Crippen molar-refractivity contribution in [2.45, 2.75) is 17.0 Å². The Morgan fingerprint density at radius 1 is 1.33 bits per heavy atom. The monoisotopic (exact) mass is 260 g/mol. The number of carbonyl (C=O) groups is 1. The van der Waals surface area contributed by atoms with Gasteiger partial charge < -0.3 is 11.1 Å². The van der Waals surface area contributed by atoms with Gasteiger partial charge in [0, 0.05) is 23.0 Å². The van der Waals surface area contributed by atoms with Crippen LogP contribution < -0.4 is 11.1 Å². The standard InChI is InChI=1S/C12H12N4OS/c1-8-7-9(3-4-10(8)16-11(13)17)18-12-14-5-2-6-15-12/h2-7H,1H3,(H3,13,16,17). The Morgan fingerprint density at radius 3 is 2.67 bits per heavy atom. The van der Waals surface area contributed by atoms with Crippen LogP contribution in [0.3, 0.4) is 0 Å². The summed E-state index contributed by atoms with van der Waals surface area (Å²) in [6.45, 7) is 1.90. The molecular formula is C12H12N4OS. The first kappa shape index (κ1) is 12.4. The Balaban J connectivity index is 2.16. The number of urea groups is 1. The molecule has 0 fully saturated rings. The van der Waals surface area contributed by atoms with E-state index in [1.807, 2.05) is 25.1 Å². The van der Waals surface area contributed by atoms with Gasteiger partial charge in [-0.1, -0.05) is 0 Å². The molecule has 6 heteroatoms. The van der Waals surface area contributed by atoms with Crippen molar-refractivity contribution >= 4 is 23.5 Å². The number of nitrogens with two attached hydrogens (primary N) is 1. The van der Waals surface area contributed by atoms with Crippen molar-refractivity contribution in [3.05, 3.63) is 42.2 Å². The van der Waals surface area contributed by atoms with Gasteiger partial charge in [-0.25, -0.2) is 14.8 Å². The summed E-state index contributed by atoms with van der Waals surface area (Å²) in [4.78, 5) is 20.1. The minimum atomic E-state index is -0.565. The molecule has 2 rings (SSSR count). The number of nitrogens with zero attached hydrogens (tertiary/aromatic N) is 2. The van der Waals surface area contributed by atoms with Gasteiger partial charge in [0.25, 0.3) is 0 Å². The lowest BCUT2D eigenvalue weighted by atomic mass is 10.2. The number of hydrogen-bond acceptors (Lipinski definition) is 4. The summed E-state index contributed by atoms with van der Waals surface area (Å²) in [5, 5.41) is 3.25. The average Bonchev–Trinajstić information content (AvgIpc) is 2.33. The third kappa shape index (κ3) is 3.21. The van der Waals surface area contributed by atoms with E-state index < -0.39 is 6.03 Å². The highest BCUT2D eigenvalue weighted by Gasteiger charge is 2.04. The van der Waals surface area contributed by atoms with Crippen LogP contribution in [0.15, 0.2) is 46.7 Å². The topological polar surface area (TPSA) is 80.9 Å². The van der Waals surface area contributed by atoms with Crippen LogP contribution in [0.5, 0.6) is 0 Å². The predicted octanol–water partition coefficient (Wildman–Crippen LogP) is 2.43. The highest BCUT2D eigenvalue weighted by molar-refractivity contribution is 7.99. The van der Waals surface area contributed by atoms with Crippen LogP contribution in [0.1, 0.15) is 5.56 Å². The van der Waals surface area contributed by atoms with Crippen LogP contribution >= 0.6 is 11.8 Å². The summed E-state index contributed by atoms with van der Waals surface area (Å²) < 4.78 is 0. The molecule has 1 aromatic heterocycles. The lowest BCUT2D eigenvalue weighted by molar-refractivity contribution is 0.259. The highest BCUT2D eigenvalue weighted by Crippen LogP contribution is 2.27. The second-order valence-electron chi connectivity index (χ2n) is 3.60. The summed E-state index contributed by atoms with van der Waals surface area (Å²) in [7, 11) is 0. The van der Waals surface area contributed by atoms with Gasteiger partial charge in [0.05, 0.1) is 0 Å². The molecule has 92 valence electrons. The maximum Gasteiger partial charge on any atom is 0.316 e. The number of carbonyl (C=O) groups excluding carboxylic acids is 1. The van der Waals surface area contributed by atoms with E-state index in [9.17, 15) is 4.79 Å². The summed E-state index contributed by atoms with van der Waals surface area (Å²) in [5.74, 6) is 0. The number of primary amides is 1. The van der Waals surface area contributed by atoms with E-state index in [-0.39, 0.29) is 0 Å². The zero-order chi connectivity index (χ0) is 13.0. The normalized spacial score (nSPS) is 10.1. The fraction of sp³-hybridized carbons (Fsp3) is 0.0833. The van der Waals surface area contributed by atoms with E-state index in [1.54, 1.807) is 18.5 Å². The van der Waals surface area contributed by atoms with Gasteiger partial charge in [0.15, 0.2) is 5.16 Å². The van der Waals surface area contributed by atoms with Gasteiger partial charge in [-0.2, -0.15) is 0 Å². The van der Waals surface area contributed by atoms with Crippen molar-refractivity contribution in [1.29, 1.82) is 0 Å². The van der Waals surface area contributed by atoms with Crippen molar-refractivity contribution < 1.29 is 4.79 Å². The average molecular weight is 260 g/mol. The first-order valence-electron chi connectivity index (χ1n) is 5.27. The van der Waals surface area contributed by atoms with Gasteiger partial charge in [-0.15, -0.1) is 0 Å². The third-order valence-corrected chi connectivity index (χ3v) is 3.09. The van der Waals surface area contributed by atoms with E-state index in [0.29, 0.717) is 10.8 Å². The van der Waals surface area contributed by atoms with Crippen LogP contribution in [0.25, 0.3) is 0 Å². The molecule has 1 heterocycles. The third-order valence-electron chi connectivity index (χ3n) is 2.21. The SMILES string of the molecule is Cc1cc(Sc2ncccn2)ccc1NC(N)=O. The van der Waals surface area contributed by atoms with Crippen LogP contribution in [-0.2, 0) is 0 Å². The molecule has 0 bridgehead atoms. The number of aryl methyl sites for hydroxylation is 1. The Labute approximate surface area is 109 Å². The van der Waals surface area contributed by atoms with Gasteiger partial charge >= 0.3 is 6.03 Å². The van der Waals surface area contributed by atoms with E-state index in [2.05, 4.69) is 15.3 Å². The van der Waals surface area contributed by atoms with Crippen LogP contribution in [0.2, 0.25) is 0 Å². The molecule has 2 aromatic rings. The maximum absolute atomic E-state index is 10.8. The van der Waals surface area contributed by atoms with E-state index >= 15 is 0 Å². The van der Waals surface area contributed by atoms with Gasteiger partial charge in [-0.3, -0.25) is 0 Å². The molecule has 1 aromatic carbocycles. The molecule has 0 saturated carbocycles. The van der Waals surface area contributed by atoms with Gasteiger partial charge in [0.1, 0.15) is 0 Å². The fourth-order valence-corrected chi connectivity index (χ4v) is 2.23. The number of rotatable bonds is 3.